The first-order chi connectivity index (χ1) is 8.61. The van der Waals surface area contributed by atoms with Crippen molar-refractivity contribution in [2.24, 2.45) is 5.10 Å². The van der Waals surface area contributed by atoms with Crippen LogP contribution in [0.5, 0.6) is 11.5 Å². The molecule has 0 bridgehead atoms. The van der Waals surface area contributed by atoms with Gasteiger partial charge in [-0.25, -0.2) is 0 Å². The second-order valence-electron chi connectivity index (χ2n) is 3.22. The topological polar surface area (TPSA) is 111 Å². The highest BCUT2D eigenvalue weighted by Gasteiger charge is 2.07. The molecule has 94 valence electrons. The zero-order chi connectivity index (χ0) is 13.1. The molecule has 0 atom stereocenters. The Balaban J connectivity index is 2.32. The molecule has 1 aromatic carbocycles. The fourth-order valence-electron chi connectivity index (χ4n) is 1.22. The van der Waals surface area contributed by atoms with Crippen LogP contribution >= 0.6 is 15.9 Å². The Hall–Kier alpha value is -2.16. The summed E-state index contributed by atoms with van der Waals surface area (Å²) in [4.78, 5) is 1.08. The molecule has 0 saturated heterocycles. The van der Waals surface area contributed by atoms with E-state index in [0.29, 0.717) is 15.8 Å². The smallest absolute Gasteiger partial charge is 0.263 e. The Kier molecular flexibility index (Phi) is 3.42. The van der Waals surface area contributed by atoms with Crippen molar-refractivity contribution in [3.05, 3.63) is 22.2 Å². The predicted octanol–water partition coefficient (Wildman–Crippen LogP) is 0.614. The van der Waals surface area contributed by atoms with Crippen molar-refractivity contribution in [3.8, 4) is 11.5 Å². The minimum Gasteiger partial charge on any atom is -0.503 e. The number of anilines is 1. The molecule has 2 rings (SSSR count). The number of hydrogen-bond acceptors (Lipinski definition) is 7. The first kappa shape index (κ1) is 12.3. The van der Waals surface area contributed by atoms with E-state index in [9.17, 15) is 5.11 Å². The average Bonchev–Trinajstić information content (AvgIpc) is 2.76. The first-order valence-electron chi connectivity index (χ1n) is 4.76. The fraction of sp³-hybridized carbons (Fsp3) is 0.111. The molecule has 9 heteroatoms. The molecule has 1 heterocycles. The van der Waals surface area contributed by atoms with Crippen LogP contribution in [0, 0.1) is 0 Å². The number of halogens is 1. The molecule has 0 amide bonds. The Bertz CT molecular complexity index is 597. The van der Waals surface area contributed by atoms with Crippen molar-refractivity contribution in [2.45, 2.75) is 0 Å². The SMILES string of the molecule is COc1cc(C=Nn2nnnc2N)cc(Br)c1O. The van der Waals surface area contributed by atoms with Gasteiger partial charge in [0.05, 0.1) is 17.8 Å². The summed E-state index contributed by atoms with van der Waals surface area (Å²) < 4.78 is 5.51. The number of nitrogens with two attached hydrogens (primary N) is 1. The number of tetrazole rings is 1. The molecule has 0 spiro atoms. The van der Waals surface area contributed by atoms with Gasteiger partial charge in [-0.3, -0.25) is 0 Å². The van der Waals surface area contributed by atoms with E-state index in [1.54, 1.807) is 12.1 Å². The van der Waals surface area contributed by atoms with Gasteiger partial charge in [0.2, 0.25) is 0 Å². The Morgan fingerprint density at radius 1 is 1.56 bits per heavy atom. The lowest BCUT2D eigenvalue weighted by Crippen LogP contribution is -1.99. The van der Waals surface area contributed by atoms with Gasteiger partial charge in [0.25, 0.3) is 5.95 Å². The Morgan fingerprint density at radius 3 is 2.94 bits per heavy atom. The molecule has 8 nitrogen and oxygen atoms in total. The number of ether oxygens (including phenoxy) is 1. The molecule has 0 radical (unpaired) electrons. The minimum absolute atomic E-state index is 0.0246. The maximum Gasteiger partial charge on any atom is 0.263 e. The van der Waals surface area contributed by atoms with Crippen molar-refractivity contribution in [3.63, 3.8) is 0 Å². The average molecular weight is 313 g/mol. The van der Waals surface area contributed by atoms with E-state index >= 15 is 0 Å². The number of phenolic OH excluding ortho intramolecular Hbond substituents is 1. The molecule has 2 aromatic rings. The summed E-state index contributed by atoms with van der Waals surface area (Å²) in [6.07, 6.45) is 1.49. The summed E-state index contributed by atoms with van der Waals surface area (Å²) in [5, 5.41) is 24.0. The number of nitrogens with zero attached hydrogens (tertiary/aromatic N) is 5. The molecular weight excluding hydrogens is 304 g/mol. The molecule has 0 aliphatic rings. The fourth-order valence-corrected chi connectivity index (χ4v) is 1.68. The van der Waals surface area contributed by atoms with E-state index in [0.717, 1.165) is 4.79 Å². The quantitative estimate of drug-likeness (QED) is 0.803. The second-order valence-corrected chi connectivity index (χ2v) is 4.08. The maximum absolute atomic E-state index is 9.64. The van der Waals surface area contributed by atoms with Crippen molar-refractivity contribution in [2.75, 3.05) is 12.8 Å². The maximum atomic E-state index is 9.64. The van der Waals surface area contributed by atoms with Crippen LogP contribution in [0.15, 0.2) is 21.7 Å². The van der Waals surface area contributed by atoms with Gasteiger partial charge in [0.1, 0.15) is 0 Å². The van der Waals surface area contributed by atoms with E-state index in [2.05, 4.69) is 36.6 Å². The number of hydrogen-bond donors (Lipinski definition) is 2. The standard InChI is InChI=1S/C9H9BrN6O2/c1-18-7-3-5(2-6(10)8(7)17)4-12-16-9(11)13-14-15-16/h2-4,17H,1H3,(H2,11,13,15). The molecular formula is C9H9BrN6O2. The van der Waals surface area contributed by atoms with Gasteiger partial charge in [0.15, 0.2) is 11.5 Å². The summed E-state index contributed by atoms with van der Waals surface area (Å²) >= 11 is 3.21. The van der Waals surface area contributed by atoms with E-state index in [4.69, 9.17) is 10.5 Å². The molecule has 0 fully saturated rings. The zero-order valence-electron chi connectivity index (χ0n) is 9.28. The van der Waals surface area contributed by atoms with E-state index < -0.39 is 0 Å². The third-order valence-electron chi connectivity index (χ3n) is 2.06. The monoisotopic (exact) mass is 312 g/mol. The van der Waals surface area contributed by atoms with Gasteiger partial charge in [-0.15, -0.1) is 0 Å². The van der Waals surface area contributed by atoms with Gasteiger partial charge in [-0.1, -0.05) is 9.89 Å². The number of benzene rings is 1. The summed E-state index contributed by atoms with van der Waals surface area (Å²) in [5.74, 6) is 0.433. The summed E-state index contributed by atoms with van der Waals surface area (Å²) in [6, 6.07) is 3.28. The van der Waals surface area contributed by atoms with Crippen molar-refractivity contribution >= 4 is 28.1 Å². The Labute approximate surface area is 110 Å². The highest BCUT2D eigenvalue weighted by molar-refractivity contribution is 9.10. The largest absolute Gasteiger partial charge is 0.503 e. The number of aromatic hydroxyl groups is 1. The van der Waals surface area contributed by atoms with Crippen LogP contribution in [-0.4, -0.2) is 38.7 Å². The van der Waals surface area contributed by atoms with Gasteiger partial charge in [0, 0.05) is 0 Å². The van der Waals surface area contributed by atoms with Gasteiger partial charge >= 0.3 is 0 Å². The molecule has 0 aliphatic heterocycles. The third kappa shape index (κ3) is 2.40. The van der Waals surface area contributed by atoms with Crippen molar-refractivity contribution in [1.29, 1.82) is 0 Å². The second kappa shape index (κ2) is 5.00. The summed E-state index contributed by atoms with van der Waals surface area (Å²) in [7, 11) is 1.46. The zero-order valence-corrected chi connectivity index (χ0v) is 10.9. The number of nitrogen functional groups attached to an aromatic ring is 1. The summed E-state index contributed by atoms with van der Waals surface area (Å²) in [5.41, 5.74) is 6.14. The Morgan fingerprint density at radius 2 is 2.33 bits per heavy atom. The molecule has 18 heavy (non-hydrogen) atoms. The van der Waals surface area contributed by atoms with Gasteiger partial charge in [-0.05, 0) is 44.1 Å². The van der Waals surface area contributed by atoms with Crippen molar-refractivity contribution in [1.82, 2.24) is 20.3 Å². The minimum atomic E-state index is 0.0246. The molecule has 0 unspecified atom stereocenters. The number of methoxy groups -OCH3 is 1. The predicted molar refractivity (Wildman–Crippen MR) is 67.6 cm³/mol. The highest BCUT2D eigenvalue weighted by atomic mass is 79.9. The highest BCUT2D eigenvalue weighted by Crippen LogP contribution is 2.34. The van der Waals surface area contributed by atoms with Crippen LogP contribution in [0.2, 0.25) is 0 Å². The molecule has 0 saturated carbocycles. The van der Waals surface area contributed by atoms with Gasteiger partial charge in [-0.2, -0.15) is 5.10 Å². The van der Waals surface area contributed by atoms with Crippen LogP contribution < -0.4 is 10.5 Å². The van der Waals surface area contributed by atoms with Crippen LogP contribution in [-0.2, 0) is 0 Å². The van der Waals surface area contributed by atoms with E-state index in [-0.39, 0.29) is 11.7 Å². The van der Waals surface area contributed by atoms with Crippen molar-refractivity contribution < 1.29 is 9.84 Å². The first-order valence-corrected chi connectivity index (χ1v) is 5.56. The van der Waals surface area contributed by atoms with Crippen LogP contribution in [0.4, 0.5) is 5.95 Å². The molecule has 0 aliphatic carbocycles. The number of phenols is 1. The number of aromatic nitrogens is 4. The summed E-state index contributed by atoms with van der Waals surface area (Å²) in [6.45, 7) is 0. The lowest BCUT2D eigenvalue weighted by atomic mass is 10.2. The lowest BCUT2D eigenvalue weighted by Gasteiger charge is -2.05. The molecule has 3 N–H and O–H groups in total. The normalized spacial score (nSPS) is 11.0. The third-order valence-corrected chi connectivity index (χ3v) is 2.67. The van der Waals surface area contributed by atoms with E-state index in [1.165, 1.54) is 13.3 Å². The van der Waals surface area contributed by atoms with E-state index in [1.807, 2.05) is 0 Å². The van der Waals surface area contributed by atoms with Crippen LogP contribution in [0.3, 0.4) is 0 Å². The van der Waals surface area contributed by atoms with Crippen LogP contribution in [0.25, 0.3) is 0 Å². The lowest BCUT2D eigenvalue weighted by molar-refractivity contribution is 0.372. The molecule has 1 aromatic heterocycles. The van der Waals surface area contributed by atoms with Gasteiger partial charge < -0.3 is 15.6 Å². The number of rotatable bonds is 3. The van der Waals surface area contributed by atoms with Crippen LogP contribution in [0.1, 0.15) is 5.56 Å².